The number of carbonyl (C=O) groups excluding carboxylic acids is 1. The van der Waals surface area contributed by atoms with Crippen LogP contribution in [0.5, 0.6) is 5.75 Å². The second-order valence-corrected chi connectivity index (χ2v) is 7.94. The number of nitrogens with one attached hydrogen (secondary N) is 1. The molecule has 4 nitrogen and oxygen atoms in total. The highest BCUT2D eigenvalue weighted by molar-refractivity contribution is 5.81. The summed E-state index contributed by atoms with van der Waals surface area (Å²) in [4.78, 5) is 12.6. The van der Waals surface area contributed by atoms with Gasteiger partial charge in [-0.25, -0.2) is 0 Å². The monoisotopic (exact) mass is 376 g/mol. The zero-order valence-corrected chi connectivity index (χ0v) is 16.7. The molecule has 4 rings (SSSR count). The molecule has 1 aliphatic rings. The minimum Gasteiger partial charge on any atom is -0.490 e. The van der Waals surface area contributed by atoms with E-state index >= 15 is 0 Å². The number of ether oxygens (including phenoxy) is 1. The fraction of sp³-hybridized carbons (Fsp3) is 0.375. The molecule has 0 aliphatic heterocycles. The van der Waals surface area contributed by atoms with Crippen LogP contribution in [0.3, 0.4) is 0 Å². The number of carbonyl (C=O) groups is 1. The molecule has 2 aromatic carbocycles. The predicted molar refractivity (Wildman–Crippen MR) is 112 cm³/mol. The van der Waals surface area contributed by atoms with E-state index in [1.807, 2.05) is 19.2 Å². The van der Waals surface area contributed by atoms with Crippen LogP contribution in [0, 0.1) is 12.8 Å². The molecule has 0 bridgehead atoms. The molecule has 0 saturated heterocycles. The van der Waals surface area contributed by atoms with Gasteiger partial charge in [0.05, 0.1) is 6.10 Å². The number of fused-ring (bicyclic) bond motifs is 1. The number of nitrogens with zero attached hydrogens (tertiary/aromatic N) is 1. The van der Waals surface area contributed by atoms with Crippen LogP contribution >= 0.6 is 0 Å². The standard InChI is InChI=1S/C24H28N2O2/c1-17-3-8-21(9-4-17)28-22-10-6-19(7-11-22)24(27)25-16-18-5-12-23-20(15-18)13-14-26(23)2/h3-5,8-9,12-15,19,22H,6-7,10-11,16H2,1-2H3,(H,25,27). The second kappa shape index (κ2) is 8.09. The molecule has 1 heterocycles. The molecule has 1 aromatic heterocycles. The van der Waals surface area contributed by atoms with Crippen LogP contribution in [-0.4, -0.2) is 16.6 Å². The normalized spacial score (nSPS) is 19.5. The third-order valence-corrected chi connectivity index (χ3v) is 5.79. The van der Waals surface area contributed by atoms with E-state index in [9.17, 15) is 4.79 Å². The lowest BCUT2D eigenvalue weighted by Crippen LogP contribution is -2.35. The SMILES string of the molecule is Cc1ccc(OC2CCC(C(=O)NCc3ccc4c(ccn4C)c3)CC2)cc1. The van der Waals surface area contributed by atoms with Crippen molar-refractivity contribution >= 4 is 16.8 Å². The van der Waals surface area contributed by atoms with Crippen molar-refractivity contribution in [2.24, 2.45) is 13.0 Å². The van der Waals surface area contributed by atoms with Crippen molar-refractivity contribution in [3.05, 3.63) is 65.9 Å². The first-order chi connectivity index (χ1) is 13.6. The second-order valence-electron chi connectivity index (χ2n) is 7.94. The summed E-state index contributed by atoms with van der Waals surface area (Å²) in [6, 6.07) is 16.7. The van der Waals surface area contributed by atoms with E-state index in [0.29, 0.717) is 6.54 Å². The Morgan fingerprint density at radius 2 is 1.82 bits per heavy atom. The first kappa shape index (κ1) is 18.6. The van der Waals surface area contributed by atoms with Crippen molar-refractivity contribution in [2.75, 3.05) is 0 Å². The topological polar surface area (TPSA) is 43.3 Å². The summed E-state index contributed by atoms with van der Waals surface area (Å²) in [7, 11) is 2.04. The van der Waals surface area contributed by atoms with E-state index in [-0.39, 0.29) is 17.9 Å². The summed E-state index contributed by atoms with van der Waals surface area (Å²) in [6.07, 6.45) is 5.92. The van der Waals surface area contributed by atoms with Gasteiger partial charge in [0.25, 0.3) is 0 Å². The van der Waals surface area contributed by atoms with Gasteiger partial charge in [0, 0.05) is 31.2 Å². The van der Waals surface area contributed by atoms with E-state index in [0.717, 1.165) is 37.0 Å². The molecule has 0 radical (unpaired) electrons. The summed E-state index contributed by atoms with van der Waals surface area (Å²) < 4.78 is 8.18. The zero-order chi connectivity index (χ0) is 19.5. The molecule has 1 aliphatic carbocycles. The van der Waals surface area contributed by atoms with Crippen LogP contribution in [0.4, 0.5) is 0 Å². The van der Waals surface area contributed by atoms with Crippen LogP contribution in [0.2, 0.25) is 0 Å². The van der Waals surface area contributed by atoms with Crippen LogP contribution in [0.1, 0.15) is 36.8 Å². The maximum atomic E-state index is 12.6. The minimum absolute atomic E-state index is 0.0957. The van der Waals surface area contributed by atoms with Gasteiger partial charge in [0.1, 0.15) is 5.75 Å². The lowest BCUT2D eigenvalue weighted by Gasteiger charge is -2.28. The number of hydrogen-bond donors (Lipinski definition) is 1. The molecule has 146 valence electrons. The third kappa shape index (κ3) is 4.22. The molecule has 1 N–H and O–H groups in total. The molecule has 0 spiro atoms. The molecule has 3 aromatic rings. The molecular formula is C24H28N2O2. The number of amides is 1. The van der Waals surface area contributed by atoms with E-state index in [4.69, 9.17) is 4.74 Å². The average molecular weight is 377 g/mol. The number of benzene rings is 2. The van der Waals surface area contributed by atoms with Crippen molar-refractivity contribution in [3.8, 4) is 5.75 Å². The van der Waals surface area contributed by atoms with Gasteiger partial charge in [-0.05, 0) is 73.9 Å². The maximum absolute atomic E-state index is 12.6. The van der Waals surface area contributed by atoms with Gasteiger partial charge in [-0.2, -0.15) is 0 Å². The largest absolute Gasteiger partial charge is 0.490 e. The van der Waals surface area contributed by atoms with Gasteiger partial charge in [-0.3, -0.25) is 4.79 Å². The van der Waals surface area contributed by atoms with E-state index in [1.165, 1.54) is 16.5 Å². The Labute approximate surface area is 166 Å². The van der Waals surface area contributed by atoms with Crippen LogP contribution < -0.4 is 10.1 Å². The van der Waals surface area contributed by atoms with Crippen LogP contribution in [-0.2, 0) is 18.4 Å². The molecule has 0 atom stereocenters. The van der Waals surface area contributed by atoms with E-state index in [2.05, 4.69) is 59.4 Å². The number of aryl methyl sites for hydroxylation is 2. The highest BCUT2D eigenvalue weighted by Gasteiger charge is 2.27. The van der Waals surface area contributed by atoms with Crippen molar-refractivity contribution in [2.45, 2.75) is 45.3 Å². The fourth-order valence-electron chi connectivity index (χ4n) is 4.03. The predicted octanol–water partition coefficient (Wildman–Crippen LogP) is 4.74. The summed E-state index contributed by atoms with van der Waals surface area (Å²) in [5.74, 6) is 1.19. The molecule has 0 unspecified atom stereocenters. The van der Waals surface area contributed by atoms with E-state index in [1.54, 1.807) is 0 Å². The highest BCUT2D eigenvalue weighted by atomic mass is 16.5. The Balaban J connectivity index is 1.25. The van der Waals surface area contributed by atoms with Crippen LogP contribution in [0.15, 0.2) is 54.7 Å². The Bertz CT molecular complexity index is 950. The molecule has 1 fully saturated rings. The third-order valence-electron chi connectivity index (χ3n) is 5.79. The number of rotatable bonds is 5. The Morgan fingerprint density at radius 1 is 1.07 bits per heavy atom. The molecular weight excluding hydrogens is 348 g/mol. The quantitative estimate of drug-likeness (QED) is 0.699. The molecule has 1 amide bonds. The van der Waals surface area contributed by atoms with Crippen molar-refractivity contribution in [1.29, 1.82) is 0 Å². The first-order valence-corrected chi connectivity index (χ1v) is 10.1. The maximum Gasteiger partial charge on any atom is 0.223 e. The fourth-order valence-corrected chi connectivity index (χ4v) is 4.03. The summed E-state index contributed by atoms with van der Waals surface area (Å²) in [5.41, 5.74) is 3.59. The van der Waals surface area contributed by atoms with Gasteiger partial charge in [-0.15, -0.1) is 0 Å². The van der Waals surface area contributed by atoms with Gasteiger partial charge in [0.2, 0.25) is 5.91 Å². The van der Waals surface area contributed by atoms with E-state index < -0.39 is 0 Å². The van der Waals surface area contributed by atoms with Crippen LogP contribution in [0.25, 0.3) is 10.9 Å². The Kier molecular flexibility index (Phi) is 5.38. The number of aromatic nitrogens is 1. The van der Waals surface area contributed by atoms with Crippen molar-refractivity contribution in [1.82, 2.24) is 9.88 Å². The number of hydrogen-bond acceptors (Lipinski definition) is 2. The molecule has 4 heteroatoms. The highest BCUT2D eigenvalue weighted by Crippen LogP contribution is 2.28. The van der Waals surface area contributed by atoms with Gasteiger partial charge < -0.3 is 14.6 Å². The Hall–Kier alpha value is -2.75. The van der Waals surface area contributed by atoms with Crippen molar-refractivity contribution in [3.63, 3.8) is 0 Å². The first-order valence-electron chi connectivity index (χ1n) is 10.1. The lowest BCUT2D eigenvalue weighted by molar-refractivity contribution is -0.126. The van der Waals surface area contributed by atoms with Gasteiger partial charge in [-0.1, -0.05) is 23.8 Å². The van der Waals surface area contributed by atoms with Gasteiger partial charge >= 0.3 is 0 Å². The summed E-state index contributed by atoms with van der Waals surface area (Å²) in [6.45, 7) is 2.66. The summed E-state index contributed by atoms with van der Waals surface area (Å²) in [5, 5.41) is 4.34. The smallest absolute Gasteiger partial charge is 0.223 e. The van der Waals surface area contributed by atoms with Crippen molar-refractivity contribution < 1.29 is 9.53 Å². The zero-order valence-electron chi connectivity index (χ0n) is 16.7. The summed E-state index contributed by atoms with van der Waals surface area (Å²) >= 11 is 0. The molecule has 28 heavy (non-hydrogen) atoms. The average Bonchev–Trinajstić information content (AvgIpc) is 3.09. The minimum atomic E-state index is 0.0957. The van der Waals surface area contributed by atoms with Gasteiger partial charge in [0.15, 0.2) is 0 Å². The Morgan fingerprint density at radius 3 is 2.57 bits per heavy atom. The lowest BCUT2D eigenvalue weighted by atomic mass is 9.86. The molecule has 1 saturated carbocycles.